The van der Waals surface area contributed by atoms with Gasteiger partial charge < -0.3 is 10.6 Å². The van der Waals surface area contributed by atoms with Crippen LogP contribution in [0.4, 0.5) is 11.4 Å². The van der Waals surface area contributed by atoms with Gasteiger partial charge in [-0.1, -0.05) is 55.7 Å². The SMILES string of the molecule is O=C(CSc1ccc(NC(=O)C2CCCCC2)cc1)Nc1cccc2ccccc12. The quantitative estimate of drug-likeness (QED) is 0.476. The largest absolute Gasteiger partial charge is 0.326 e. The summed E-state index contributed by atoms with van der Waals surface area (Å²) in [7, 11) is 0. The molecular formula is C25H26N2O2S. The molecule has 3 aromatic rings. The minimum Gasteiger partial charge on any atom is -0.326 e. The van der Waals surface area contributed by atoms with Gasteiger partial charge in [0.25, 0.3) is 0 Å². The summed E-state index contributed by atoms with van der Waals surface area (Å²) in [5.74, 6) is 0.568. The molecule has 1 aliphatic carbocycles. The molecule has 0 spiro atoms. The monoisotopic (exact) mass is 418 g/mol. The summed E-state index contributed by atoms with van der Waals surface area (Å²) in [6, 6.07) is 21.6. The molecular weight excluding hydrogens is 392 g/mol. The molecule has 0 bridgehead atoms. The third-order valence-corrected chi connectivity index (χ3v) is 6.54. The lowest BCUT2D eigenvalue weighted by atomic mass is 9.88. The standard InChI is InChI=1S/C25H26N2O2S/c28-24(27-23-12-6-10-18-7-4-5-11-22(18)23)17-30-21-15-13-20(14-16-21)26-25(29)19-8-2-1-3-9-19/h4-7,10-16,19H,1-3,8-9,17H2,(H,26,29)(H,27,28). The lowest BCUT2D eigenvalue weighted by Crippen LogP contribution is -2.24. The first-order chi connectivity index (χ1) is 14.7. The van der Waals surface area contributed by atoms with Crippen molar-refractivity contribution in [3.8, 4) is 0 Å². The molecule has 0 aliphatic heterocycles. The molecule has 30 heavy (non-hydrogen) atoms. The Bertz CT molecular complexity index is 1020. The van der Waals surface area contributed by atoms with Crippen LogP contribution in [0.25, 0.3) is 10.8 Å². The van der Waals surface area contributed by atoms with Gasteiger partial charge >= 0.3 is 0 Å². The molecule has 3 aromatic carbocycles. The minimum absolute atomic E-state index is 0.0361. The van der Waals surface area contributed by atoms with Crippen LogP contribution >= 0.6 is 11.8 Å². The van der Waals surface area contributed by atoms with Crippen molar-refractivity contribution in [1.29, 1.82) is 0 Å². The van der Waals surface area contributed by atoms with E-state index in [-0.39, 0.29) is 17.7 Å². The highest BCUT2D eigenvalue weighted by Gasteiger charge is 2.20. The van der Waals surface area contributed by atoms with Crippen molar-refractivity contribution in [2.24, 2.45) is 5.92 Å². The van der Waals surface area contributed by atoms with Crippen molar-refractivity contribution in [1.82, 2.24) is 0 Å². The van der Waals surface area contributed by atoms with E-state index in [4.69, 9.17) is 0 Å². The van der Waals surface area contributed by atoms with E-state index in [9.17, 15) is 9.59 Å². The number of nitrogens with one attached hydrogen (secondary N) is 2. The summed E-state index contributed by atoms with van der Waals surface area (Å²) in [5, 5.41) is 8.18. The van der Waals surface area contributed by atoms with Crippen LogP contribution in [0.15, 0.2) is 71.6 Å². The fourth-order valence-electron chi connectivity index (χ4n) is 3.91. The van der Waals surface area contributed by atoms with Crippen molar-refractivity contribution in [3.05, 3.63) is 66.7 Å². The van der Waals surface area contributed by atoms with Crippen molar-refractivity contribution in [3.63, 3.8) is 0 Å². The molecule has 0 heterocycles. The summed E-state index contributed by atoms with van der Waals surface area (Å²) < 4.78 is 0. The highest BCUT2D eigenvalue weighted by atomic mass is 32.2. The molecule has 2 N–H and O–H groups in total. The predicted octanol–water partition coefficient (Wildman–Crippen LogP) is 6.09. The van der Waals surface area contributed by atoms with Crippen molar-refractivity contribution in [2.45, 2.75) is 37.0 Å². The average molecular weight is 419 g/mol. The number of amides is 2. The van der Waals surface area contributed by atoms with Crippen molar-refractivity contribution < 1.29 is 9.59 Å². The number of benzene rings is 3. The molecule has 0 aromatic heterocycles. The Kier molecular flexibility index (Phi) is 6.70. The van der Waals surface area contributed by atoms with Gasteiger partial charge in [0, 0.05) is 27.6 Å². The zero-order valence-corrected chi connectivity index (χ0v) is 17.7. The Morgan fingerprint density at radius 2 is 1.57 bits per heavy atom. The van der Waals surface area contributed by atoms with Gasteiger partial charge in [0.15, 0.2) is 0 Å². The molecule has 1 saturated carbocycles. The number of anilines is 2. The van der Waals surface area contributed by atoms with Crippen LogP contribution in [0.2, 0.25) is 0 Å². The van der Waals surface area contributed by atoms with Crippen molar-refractivity contribution in [2.75, 3.05) is 16.4 Å². The van der Waals surface area contributed by atoms with Crippen LogP contribution in [0.3, 0.4) is 0 Å². The molecule has 2 amide bonds. The van der Waals surface area contributed by atoms with E-state index in [2.05, 4.69) is 10.6 Å². The summed E-state index contributed by atoms with van der Waals surface area (Å²) in [6.45, 7) is 0. The van der Waals surface area contributed by atoms with E-state index in [1.54, 1.807) is 0 Å². The predicted molar refractivity (Wildman–Crippen MR) is 125 cm³/mol. The van der Waals surface area contributed by atoms with Gasteiger partial charge in [-0.05, 0) is 48.6 Å². The second kappa shape index (κ2) is 9.81. The number of thioether (sulfide) groups is 1. The highest BCUT2D eigenvalue weighted by Crippen LogP contribution is 2.27. The first kappa shape index (κ1) is 20.5. The molecule has 0 unspecified atom stereocenters. The van der Waals surface area contributed by atoms with Gasteiger partial charge in [0.2, 0.25) is 11.8 Å². The molecule has 0 radical (unpaired) electrons. The highest BCUT2D eigenvalue weighted by molar-refractivity contribution is 8.00. The van der Waals surface area contributed by atoms with Gasteiger partial charge in [-0.3, -0.25) is 9.59 Å². The van der Waals surface area contributed by atoms with Gasteiger partial charge in [-0.15, -0.1) is 11.8 Å². The number of rotatable bonds is 6. The van der Waals surface area contributed by atoms with Gasteiger partial charge in [-0.2, -0.15) is 0 Å². The smallest absolute Gasteiger partial charge is 0.234 e. The normalized spacial score (nSPS) is 14.4. The maximum atomic E-state index is 12.4. The van der Waals surface area contributed by atoms with Crippen LogP contribution < -0.4 is 10.6 Å². The third kappa shape index (κ3) is 5.22. The summed E-state index contributed by atoms with van der Waals surface area (Å²) in [4.78, 5) is 25.8. The van der Waals surface area contributed by atoms with E-state index < -0.39 is 0 Å². The number of hydrogen-bond donors (Lipinski definition) is 2. The van der Waals surface area contributed by atoms with Crippen LogP contribution in [0.1, 0.15) is 32.1 Å². The second-order valence-electron chi connectivity index (χ2n) is 7.71. The second-order valence-corrected chi connectivity index (χ2v) is 8.76. The van der Waals surface area contributed by atoms with Crippen LogP contribution in [0, 0.1) is 5.92 Å². The Labute approximate surface area is 181 Å². The van der Waals surface area contributed by atoms with Gasteiger partial charge in [-0.25, -0.2) is 0 Å². The Balaban J connectivity index is 1.29. The lowest BCUT2D eigenvalue weighted by Gasteiger charge is -2.20. The van der Waals surface area contributed by atoms with Crippen LogP contribution in [-0.2, 0) is 9.59 Å². The minimum atomic E-state index is -0.0361. The summed E-state index contributed by atoms with van der Waals surface area (Å²) in [5.41, 5.74) is 1.65. The fourth-order valence-corrected chi connectivity index (χ4v) is 4.61. The van der Waals surface area contributed by atoms with Crippen molar-refractivity contribution >= 4 is 45.7 Å². The maximum absolute atomic E-state index is 12.4. The third-order valence-electron chi connectivity index (χ3n) is 5.53. The average Bonchev–Trinajstić information content (AvgIpc) is 2.79. The lowest BCUT2D eigenvalue weighted by molar-refractivity contribution is -0.120. The molecule has 1 aliphatic rings. The Morgan fingerprint density at radius 1 is 0.833 bits per heavy atom. The molecule has 154 valence electrons. The van der Waals surface area contributed by atoms with E-state index in [0.717, 1.165) is 52.7 Å². The summed E-state index contributed by atoms with van der Waals surface area (Å²) >= 11 is 1.48. The summed E-state index contributed by atoms with van der Waals surface area (Å²) in [6.07, 6.45) is 5.52. The number of carbonyl (C=O) groups excluding carboxylic acids is 2. The van der Waals surface area contributed by atoms with E-state index in [0.29, 0.717) is 5.75 Å². The van der Waals surface area contributed by atoms with Gasteiger partial charge in [0.1, 0.15) is 0 Å². The first-order valence-corrected chi connectivity index (χ1v) is 11.5. The molecule has 4 rings (SSSR count). The molecule has 0 saturated heterocycles. The molecule has 4 nitrogen and oxygen atoms in total. The van der Waals surface area contributed by atoms with E-state index >= 15 is 0 Å². The number of fused-ring (bicyclic) bond motifs is 1. The Hall–Kier alpha value is -2.79. The fraction of sp³-hybridized carbons (Fsp3) is 0.280. The van der Waals surface area contributed by atoms with E-state index in [1.165, 1.54) is 18.2 Å². The van der Waals surface area contributed by atoms with E-state index in [1.807, 2.05) is 66.7 Å². The van der Waals surface area contributed by atoms with Gasteiger partial charge in [0.05, 0.1) is 5.75 Å². The zero-order chi connectivity index (χ0) is 20.8. The topological polar surface area (TPSA) is 58.2 Å². The number of hydrogen-bond acceptors (Lipinski definition) is 3. The molecule has 5 heteroatoms. The molecule has 1 fully saturated rings. The first-order valence-electron chi connectivity index (χ1n) is 10.5. The number of carbonyl (C=O) groups is 2. The maximum Gasteiger partial charge on any atom is 0.234 e. The zero-order valence-electron chi connectivity index (χ0n) is 16.9. The molecule has 0 atom stereocenters. The Morgan fingerprint density at radius 3 is 2.37 bits per heavy atom. The van der Waals surface area contributed by atoms with Crippen LogP contribution in [-0.4, -0.2) is 17.6 Å². The van der Waals surface area contributed by atoms with Crippen LogP contribution in [0.5, 0.6) is 0 Å².